The van der Waals surface area contributed by atoms with Crippen LogP contribution in [0, 0.1) is 13.8 Å². The topological polar surface area (TPSA) is 297 Å². The molecule has 9 N–H and O–H groups in total. The highest BCUT2D eigenvalue weighted by atomic mass is 16.4. The Morgan fingerprint density at radius 1 is 0.480 bits per heavy atom. The minimum Gasteiger partial charge on any atom is -0.480 e. The van der Waals surface area contributed by atoms with Crippen molar-refractivity contribution in [1.29, 1.82) is 0 Å². The van der Waals surface area contributed by atoms with Crippen LogP contribution in [0.5, 0.6) is 0 Å². The number of piperidine rings is 4. The average molecular weight is 1390 g/mol. The first-order chi connectivity index (χ1) is 48.0. The minimum atomic E-state index is -1.08. The third-order valence-corrected chi connectivity index (χ3v) is 21.1. The minimum absolute atomic E-state index is 0. The number of urea groups is 2. The highest BCUT2D eigenvalue weighted by Crippen LogP contribution is 2.31. The van der Waals surface area contributed by atoms with Crippen molar-refractivity contribution in [3.05, 3.63) is 198 Å². The molecule has 0 spiro atoms. The Hall–Kier alpha value is -9.97. The Morgan fingerprint density at radius 3 is 1.29 bits per heavy atom. The van der Waals surface area contributed by atoms with Gasteiger partial charge in [-0.3, -0.25) is 34.3 Å². The van der Waals surface area contributed by atoms with E-state index in [4.69, 9.17) is 0 Å². The number of aliphatic carboxylic acids is 1. The first-order valence-electron chi connectivity index (χ1n) is 35.0. The van der Waals surface area contributed by atoms with E-state index in [1.807, 2.05) is 110 Å². The number of H-pyrrole nitrogens is 5. The molecule has 5 fully saturated rings. The van der Waals surface area contributed by atoms with E-state index in [9.17, 15) is 38.7 Å². The predicted octanol–water partition coefficient (Wildman–Crippen LogP) is 10.7. The highest BCUT2D eigenvalue weighted by Gasteiger charge is 2.35. The Labute approximate surface area is 595 Å². The molecule has 10 aromatic rings. The van der Waals surface area contributed by atoms with E-state index in [0.717, 1.165) is 146 Å². The van der Waals surface area contributed by atoms with E-state index in [-0.39, 0.29) is 69.2 Å². The number of amides is 5. The molecule has 23 nitrogen and oxygen atoms in total. The van der Waals surface area contributed by atoms with Crippen LogP contribution in [-0.4, -0.2) is 193 Å². The molecule has 5 aliphatic rings. The number of para-hydroxylation sites is 3. The van der Waals surface area contributed by atoms with Crippen molar-refractivity contribution in [2.24, 2.45) is 0 Å². The van der Waals surface area contributed by atoms with Gasteiger partial charge in [0.15, 0.2) is 0 Å². The van der Waals surface area contributed by atoms with Crippen LogP contribution < -0.4 is 32.6 Å². The number of aryl methyl sites for hydroxylation is 2. The molecule has 0 saturated carbocycles. The highest BCUT2D eigenvalue weighted by molar-refractivity contribution is 5.89. The predicted molar refractivity (Wildman–Crippen MR) is 406 cm³/mol. The van der Waals surface area contributed by atoms with Gasteiger partial charge in [0.05, 0.1) is 23.4 Å². The Balaban J connectivity index is 0.000000179. The maximum atomic E-state index is 14.1. The van der Waals surface area contributed by atoms with E-state index in [1.54, 1.807) is 22.2 Å². The number of pyridine rings is 3. The summed E-state index contributed by atoms with van der Waals surface area (Å²) < 4.78 is 0. The van der Waals surface area contributed by atoms with Crippen LogP contribution in [0.2, 0.25) is 0 Å². The number of carboxylic acid groups (broad SMARTS) is 1. The molecule has 15 rings (SSSR count). The largest absolute Gasteiger partial charge is 0.480 e. The molecule has 5 amide bonds. The van der Waals surface area contributed by atoms with Gasteiger partial charge >= 0.3 is 18.0 Å². The van der Waals surface area contributed by atoms with E-state index in [2.05, 4.69) is 92.4 Å². The number of hydrogen-bond acceptors (Lipinski definition) is 12. The van der Waals surface area contributed by atoms with Crippen molar-refractivity contribution in [2.75, 3.05) is 85.6 Å². The number of aromatic amines is 5. The molecular formula is C79H101N15O8. The molecule has 0 aliphatic carbocycles. The summed E-state index contributed by atoms with van der Waals surface area (Å²) in [7, 11) is 2.18. The molecule has 5 saturated heterocycles. The lowest BCUT2D eigenvalue weighted by molar-refractivity contribution is -0.139. The second kappa shape index (κ2) is 33.7. The Kier molecular flexibility index (Phi) is 24.7. The van der Waals surface area contributed by atoms with Gasteiger partial charge in [-0.1, -0.05) is 89.0 Å². The maximum Gasteiger partial charge on any atom is 0.326 e. The Morgan fingerprint density at radius 2 is 0.873 bits per heavy atom. The number of hydrogen-bond donors (Lipinski definition) is 9. The molecule has 5 aromatic heterocycles. The lowest BCUT2D eigenvalue weighted by Gasteiger charge is -2.43. The molecule has 5 aromatic carbocycles. The number of fused-ring (bicyclic) bond motifs is 5. The van der Waals surface area contributed by atoms with Gasteiger partial charge in [-0.15, -0.1) is 0 Å². The number of nitrogens with one attached hydrogen (secondary N) is 8. The third kappa shape index (κ3) is 17.3. The van der Waals surface area contributed by atoms with E-state index >= 15 is 0 Å². The number of piperazine rings is 1. The molecule has 102 heavy (non-hydrogen) atoms. The van der Waals surface area contributed by atoms with Crippen molar-refractivity contribution < 1.29 is 24.3 Å². The zero-order chi connectivity index (χ0) is 68.7. The monoisotopic (exact) mass is 1390 g/mol. The van der Waals surface area contributed by atoms with E-state index in [1.165, 1.54) is 12.8 Å². The summed E-state index contributed by atoms with van der Waals surface area (Å²) in [5.74, 6) is -0.572. The first kappa shape index (κ1) is 74.7. The molecule has 0 radical (unpaired) electrons. The number of carboxylic acids is 1. The number of carbonyl (C=O) groups is 4. The number of nitrogens with zero attached hydrogens (tertiary/aromatic N) is 7. The second-order valence-corrected chi connectivity index (χ2v) is 27.6. The van der Waals surface area contributed by atoms with Crippen LogP contribution in [0.3, 0.4) is 0 Å². The van der Waals surface area contributed by atoms with Gasteiger partial charge in [-0.25, -0.2) is 14.4 Å². The van der Waals surface area contributed by atoms with Crippen LogP contribution in [0.15, 0.2) is 142 Å². The van der Waals surface area contributed by atoms with Gasteiger partial charge in [-0.2, -0.15) is 10.2 Å². The van der Waals surface area contributed by atoms with Gasteiger partial charge in [0.1, 0.15) is 12.1 Å². The van der Waals surface area contributed by atoms with Crippen molar-refractivity contribution >= 4 is 78.5 Å². The molecule has 10 heterocycles. The van der Waals surface area contributed by atoms with Crippen LogP contribution >= 0.6 is 0 Å². The van der Waals surface area contributed by atoms with Gasteiger partial charge in [0, 0.05) is 115 Å². The summed E-state index contributed by atoms with van der Waals surface area (Å²) in [6, 6.07) is 35.6. The van der Waals surface area contributed by atoms with Crippen LogP contribution in [0.4, 0.5) is 9.59 Å². The number of aromatic nitrogens is 7. The van der Waals surface area contributed by atoms with Gasteiger partial charge in [-0.05, 0) is 203 Å². The van der Waals surface area contributed by atoms with Crippen molar-refractivity contribution in [3.63, 3.8) is 0 Å². The number of rotatable bonds is 12. The molecule has 23 heteroatoms. The molecule has 2 atom stereocenters. The fourth-order valence-corrected chi connectivity index (χ4v) is 15.4. The summed E-state index contributed by atoms with van der Waals surface area (Å²) in [6.45, 7) is 13.3. The summed E-state index contributed by atoms with van der Waals surface area (Å²) >= 11 is 0. The number of carbonyl (C=O) groups excluding carboxylic acids is 3. The summed E-state index contributed by atoms with van der Waals surface area (Å²) in [5, 5.41) is 38.1. The van der Waals surface area contributed by atoms with E-state index in [0.29, 0.717) is 83.3 Å². The summed E-state index contributed by atoms with van der Waals surface area (Å²) in [5.41, 5.74) is 10.7. The molecule has 540 valence electrons. The van der Waals surface area contributed by atoms with Gasteiger partial charge in [0.25, 0.3) is 16.7 Å². The Bertz CT molecular complexity index is 4730. The normalized spacial score (nSPS) is 17.3. The summed E-state index contributed by atoms with van der Waals surface area (Å²) in [4.78, 5) is 110. The smallest absolute Gasteiger partial charge is 0.326 e. The van der Waals surface area contributed by atoms with Crippen molar-refractivity contribution in [3.8, 4) is 0 Å². The zero-order valence-corrected chi connectivity index (χ0v) is 56.6. The molecule has 0 unspecified atom stereocenters. The maximum absolute atomic E-state index is 14.1. The van der Waals surface area contributed by atoms with E-state index < -0.39 is 24.1 Å². The lowest BCUT2D eigenvalue weighted by Crippen LogP contribution is -2.59. The van der Waals surface area contributed by atoms with Gasteiger partial charge < -0.3 is 55.6 Å². The first-order valence-corrected chi connectivity index (χ1v) is 35.0. The molecular weight excluding hydrogens is 1290 g/mol. The zero-order valence-electron chi connectivity index (χ0n) is 56.6. The number of benzene rings is 5. The quantitative estimate of drug-likeness (QED) is 0.0551. The summed E-state index contributed by atoms with van der Waals surface area (Å²) in [6.07, 6.45) is 11.2. The third-order valence-electron chi connectivity index (χ3n) is 21.1. The van der Waals surface area contributed by atoms with Crippen LogP contribution in [0.25, 0.3) is 54.5 Å². The SMILES string of the molecule is C.C.C.Cc1cc(C[C@@H](NC(=O)N2CCC(c3cc4ccccc4[nH]c3=O)CC2)C(=O)N2CCN(C3CCN(C)CC3)CC2)cc2cn[nH]c12.Cc1cc(C[C@@H](NC(=O)N2CCC(c3cc4ccccc4[nH]c3=O)CC2)C(=O)O)cc2cn[nH]c12.O=c1[nH]c2ccccc2cc1C1CCNCC1. The molecule has 5 aliphatic heterocycles. The molecule has 0 bridgehead atoms. The van der Waals surface area contributed by atoms with Crippen LogP contribution in [0.1, 0.15) is 130 Å². The van der Waals surface area contributed by atoms with Gasteiger partial charge in [0.2, 0.25) is 5.91 Å². The number of likely N-dealkylation sites (tertiary alicyclic amines) is 3. The fraction of sp³-hybridized carbons (Fsp3) is 0.430. The van der Waals surface area contributed by atoms with Crippen LogP contribution in [-0.2, 0) is 22.4 Å². The van der Waals surface area contributed by atoms with Crippen molar-refractivity contribution in [1.82, 2.24) is 75.8 Å². The second-order valence-electron chi connectivity index (χ2n) is 27.6. The average Bonchev–Trinajstić information content (AvgIpc) is 0.995. The fourth-order valence-electron chi connectivity index (χ4n) is 15.4. The van der Waals surface area contributed by atoms with Crippen molar-refractivity contribution in [2.45, 2.75) is 136 Å². The lowest BCUT2D eigenvalue weighted by atomic mass is 9.89. The standard InChI is InChI=1S/C36H46N8O3.C26H27N5O4.C14H16N2O.3CH4/c1-24-19-25(20-28-23-37-40-33(24)28)21-32(35(46)43-17-15-42(16-18-43)29-9-11-41(2)12-10-29)39-36(47)44-13-7-26(8-14-44)30-22-27-5-3-4-6-31(27)38-34(30)45;1-15-10-16(11-19-14-27-30-23(15)19)12-22(25(33)34)29-26(35)31-8-6-17(7-9-31)20-13-18-4-2-3-5-21(18)28-24(20)32;17-14-12(10-5-7-15-8-6-10)9-11-3-1-2-4-13(11)16-14;;;/h3-6,19-20,22-23,26,29,32H,7-18,21H2,1-2H3,(H,37,40)(H,38,45)(H,39,47);2-5,10-11,13-14,17,22H,6-9,12H2,1H3,(H,27,30)(H,28,32)(H,29,35)(H,33,34);1-4,9-10,15H,5-8H2,(H,16,17);3*1H4/t32-;22-;;;;/m11..../s1.